The number of rotatable bonds is 3. The minimum Gasteiger partial charge on any atom is -0.598 e. The van der Waals surface area contributed by atoms with Crippen molar-refractivity contribution in [3.05, 3.63) is 34.3 Å². The maximum absolute atomic E-state index is 11.9. The predicted molar refractivity (Wildman–Crippen MR) is 74.1 cm³/mol. The fourth-order valence-electron chi connectivity index (χ4n) is 1.32. The molecule has 0 aliphatic heterocycles. The van der Waals surface area contributed by atoms with Gasteiger partial charge in [-0.15, -0.1) is 4.72 Å². The molecule has 3 N–H and O–H groups in total. The summed E-state index contributed by atoms with van der Waals surface area (Å²) in [5.41, 5.74) is 7.79. The van der Waals surface area contributed by atoms with E-state index in [-0.39, 0.29) is 4.75 Å². The summed E-state index contributed by atoms with van der Waals surface area (Å²) in [4.78, 5) is 0. The Labute approximate surface area is 111 Å². The lowest BCUT2D eigenvalue weighted by molar-refractivity contribution is 0.526. The van der Waals surface area contributed by atoms with Gasteiger partial charge >= 0.3 is 0 Å². The second-order valence-electron chi connectivity index (χ2n) is 4.93. The van der Waals surface area contributed by atoms with Crippen LogP contribution in [0, 0.1) is 6.92 Å². The van der Waals surface area contributed by atoms with Crippen LogP contribution in [0.2, 0.25) is 5.02 Å². The van der Waals surface area contributed by atoms with E-state index in [1.807, 2.05) is 45.9 Å². The summed E-state index contributed by atoms with van der Waals surface area (Å²) in [5, 5.41) is 0.668. The molecule has 0 saturated carbocycles. The van der Waals surface area contributed by atoms with Crippen LogP contribution in [-0.2, 0) is 11.4 Å². The third-order valence-corrected chi connectivity index (χ3v) is 4.42. The van der Waals surface area contributed by atoms with Gasteiger partial charge in [0.1, 0.15) is 10.9 Å². The Morgan fingerprint density at radius 2 is 2.00 bits per heavy atom. The van der Waals surface area contributed by atoms with Gasteiger partial charge in [-0.25, -0.2) is 0 Å². The van der Waals surface area contributed by atoms with E-state index in [1.54, 1.807) is 0 Å². The Hall–Kier alpha value is -0.260. The van der Waals surface area contributed by atoms with Crippen LogP contribution in [0.15, 0.2) is 18.2 Å². The fourth-order valence-corrected chi connectivity index (χ4v) is 2.21. The van der Waals surface area contributed by atoms with Crippen molar-refractivity contribution in [3.8, 4) is 0 Å². The summed E-state index contributed by atoms with van der Waals surface area (Å²) in [6.07, 6.45) is -0.478. The van der Waals surface area contributed by atoms with Crippen molar-refractivity contribution in [2.24, 2.45) is 5.73 Å². The largest absolute Gasteiger partial charge is 0.598 e. The summed E-state index contributed by atoms with van der Waals surface area (Å²) in [6, 6.07) is 5.54. The summed E-state index contributed by atoms with van der Waals surface area (Å²) < 4.78 is 14.5. The Balaban J connectivity index is 2.84. The highest BCUT2D eigenvalue weighted by Crippen LogP contribution is 2.23. The van der Waals surface area contributed by atoms with Crippen LogP contribution < -0.4 is 10.5 Å². The molecular formula is C12H19ClN2OS. The Morgan fingerprint density at radius 1 is 1.41 bits per heavy atom. The van der Waals surface area contributed by atoms with Crippen LogP contribution in [0.5, 0.6) is 0 Å². The summed E-state index contributed by atoms with van der Waals surface area (Å²) >= 11 is 4.82. The van der Waals surface area contributed by atoms with Crippen molar-refractivity contribution in [3.63, 3.8) is 0 Å². The summed E-state index contributed by atoms with van der Waals surface area (Å²) in [6.45, 7) is 7.59. The van der Waals surface area contributed by atoms with Crippen molar-refractivity contribution in [1.82, 2.24) is 4.72 Å². The Kier molecular flexibility index (Phi) is 4.86. The number of hydrogen-bond donors (Lipinski definition) is 2. The van der Waals surface area contributed by atoms with Crippen molar-refractivity contribution in [2.75, 3.05) is 0 Å². The first kappa shape index (κ1) is 14.8. The van der Waals surface area contributed by atoms with Crippen LogP contribution in [0.25, 0.3) is 0 Å². The zero-order chi connectivity index (χ0) is 13.2. The van der Waals surface area contributed by atoms with Crippen molar-refractivity contribution >= 4 is 23.0 Å². The summed E-state index contributed by atoms with van der Waals surface area (Å²) in [7, 11) is 0. The van der Waals surface area contributed by atoms with E-state index in [0.717, 1.165) is 11.1 Å². The highest BCUT2D eigenvalue weighted by molar-refractivity contribution is 7.90. The van der Waals surface area contributed by atoms with Gasteiger partial charge in [-0.2, -0.15) is 0 Å². The lowest BCUT2D eigenvalue weighted by Gasteiger charge is -2.27. The minimum atomic E-state index is -1.20. The van der Waals surface area contributed by atoms with Crippen molar-refractivity contribution in [1.29, 1.82) is 0 Å². The fraction of sp³-hybridized carbons (Fsp3) is 0.500. The van der Waals surface area contributed by atoms with Crippen molar-refractivity contribution in [2.45, 2.75) is 38.6 Å². The molecule has 0 heterocycles. The SMILES string of the molecule is Cc1c(Cl)cccc1[C@@H](N)N[S@+]([O-])C(C)(C)C. The molecule has 0 aliphatic rings. The van der Waals surface area contributed by atoms with Gasteiger partial charge in [0.05, 0.1) is 0 Å². The molecule has 0 aromatic heterocycles. The van der Waals surface area contributed by atoms with Crippen LogP contribution in [-0.4, -0.2) is 9.30 Å². The Bertz CT molecular complexity index is 393. The first-order valence-electron chi connectivity index (χ1n) is 5.42. The van der Waals surface area contributed by atoms with E-state index in [9.17, 15) is 4.55 Å². The highest BCUT2D eigenvalue weighted by atomic mass is 35.5. The molecule has 3 nitrogen and oxygen atoms in total. The van der Waals surface area contributed by atoms with E-state index < -0.39 is 17.5 Å². The van der Waals surface area contributed by atoms with Crippen molar-refractivity contribution < 1.29 is 4.55 Å². The Morgan fingerprint density at radius 3 is 2.53 bits per heavy atom. The first-order chi connectivity index (χ1) is 7.73. The maximum atomic E-state index is 11.9. The standard InChI is InChI=1S/C12H19ClN2OS/c1-8-9(6-5-7-10(8)13)11(14)15-17(16)12(2,3)4/h5-7,11,15H,14H2,1-4H3/t11-,17+/m0/s1. The number of hydrogen-bond acceptors (Lipinski definition) is 3. The molecule has 0 amide bonds. The molecule has 0 saturated heterocycles. The monoisotopic (exact) mass is 274 g/mol. The number of halogens is 1. The molecule has 0 radical (unpaired) electrons. The topological polar surface area (TPSA) is 61.1 Å². The molecule has 96 valence electrons. The average molecular weight is 275 g/mol. The molecule has 0 bridgehead atoms. The molecular weight excluding hydrogens is 256 g/mol. The molecule has 0 aliphatic carbocycles. The van der Waals surface area contributed by atoms with Gasteiger partial charge in [-0.1, -0.05) is 23.7 Å². The zero-order valence-electron chi connectivity index (χ0n) is 10.6. The number of benzene rings is 1. The molecule has 0 fully saturated rings. The molecule has 0 spiro atoms. The maximum Gasteiger partial charge on any atom is 0.137 e. The first-order valence-corrected chi connectivity index (χ1v) is 6.95. The van der Waals surface area contributed by atoms with E-state index in [4.69, 9.17) is 17.3 Å². The molecule has 2 atom stereocenters. The van der Waals surface area contributed by atoms with Gasteiger partial charge in [0.2, 0.25) is 0 Å². The van der Waals surface area contributed by atoms with Gasteiger partial charge in [0.15, 0.2) is 0 Å². The van der Waals surface area contributed by atoms with Gasteiger partial charge in [-0.3, -0.25) is 0 Å². The predicted octanol–water partition coefficient (Wildman–Crippen LogP) is 2.66. The smallest absolute Gasteiger partial charge is 0.137 e. The number of nitrogens with two attached hydrogens (primary N) is 1. The van der Waals surface area contributed by atoms with Gasteiger partial charge in [-0.05, 0) is 44.9 Å². The lowest BCUT2D eigenvalue weighted by Crippen LogP contribution is -2.44. The third-order valence-electron chi connectivity index (χ3n) is 2.43. The molecule has 5 heteroatoms. The third kappa shape index (κ3) is 3.86. The quantitative estimate of drug-likeness (QED) is 0.658. The van der Waals surface area contributed by atoms with Crippen LogP contribution in [0.3, 0.4) is 0 Å². The summed E-state index contributed by atoms with van der Waals surface area (Å²) in [5.74, 6) is 0. The van der Waals surface area contributed by atoms with Crippen LogP contribution in [0.4, 0.5) is 0 Å². The molecule has 0 unspecified atom stereocenters. The lowest BCUT2D eigenvalue weighted by atomic mass is 10.1. The molecule has 1 aromatic rings. The van der Waals surface area contributed by atoms with Crippen LogP contribution in [0.1, 0.15) is 38.1 Å². The van der Waals surface area contributed by atoms with E-state index in [2.05, 4.69) is 4.72 Å². The van der Waals surface area contributed by atoms with E-state index in [0.29, 0.717) is 5.02 Å². The highest BCUT2D eigenvalue weighted by Gasteiger charge is 2.29. The molecule has 17 heavy (non-hydrogen) atoms. The molecule has 1 rings (SSSR count). The second kappa shape index (κ2) is 5.59. The minimum absolute atomic E-state index is 0.343. The van der Waals surface area contributed by atoms with Gasteiger partial charge < -0.3 is 10.3 Å². The normalized spacial score (nSPS) is 15.7. The van der Waals surface area contributed by atoms with E-state index in [1.165, 1.54) is 0 Å². The number of nitrogens with one attached hydrogen (secondary N) is 1. The second-order valence-corrected chi connectivity index (χ2v) is 7.34. The van der Waals surface area contributed by atoms with E-state index >= 15 is 0 Å². The molecule has 1 aromatic carbocycles. The van der Waals surface area contributed by atoms with Gasteiger partial charge in [0, 0.05) is 16.4 Å². The average Bonchev–Trinajstić information content (AvgIpc) is 2.20. The van der Waals surface area contributed by atoms with Gasteiger partial charge in [0.25, 0.3) is 0 Å². The zero-order valence-corrected chi connectivity index (χ0v) is 12.2. The van der Waals surface area contributed by atoms with Crippen LogP contribution >= 0.6 is 11.6 Å².